The summed E-state index contributed by atoms with van der Waals surface area (Å²) in [5.74, 6) is -0.740. The smallest absolute Gasteiger partial charge is 0.407 e. The lowest BCUT2D eigenvalue weighted by Crippen LogP contribution is -2.34. The molecule has 0 saturated heterocycles. The molecule has 182 valence electrons. The molecular formula is C27H34N2O5. The van der Waals surface area contributed by atoms with Crippen molar-refractivity contribution in [3.8, 4) is 11.1 Å². The molecule has 7 heteroatoms. The molecule has 1 aliphatic rings. The van der Waals surface area contributed by atoms with Crippen LogP contribution in [-0.2, 0) is 14.3 Å². The summed E-state index contributed by atoms with van der Waals surface area (Å²) in [7, 11) is 0. The molecule has 2 atom stereocenters. The summed E-state index contributed by atoms with van der Waals surface area (Å²) in [6.07, 6.45) is 1.85. The lowest BCUT2D eigenvalue weighted by atomic mass is 9.98. The predicted octanol–water partition coefficient (Wildman–Crippen LogP) is 4.70. The minimum Gasteiger partial charge on any atom is -0.481 e. The molecule has 2 unspecified atom stereocenters. The molecule has 3 N–H and O–H groups in total. The monoisotopic (exact) mass is 466 g/mol. The standard InChI is InChI=1S/C27H34N2O5/c1-18(14-15-26(31)32)16-28-25(30)13-7-8-19(2)29-27(33)34-17-24-22-11-5-3-9-20(22)21-10-4-6-12-23(21)24/h3-6,9-12,18-19,24H,7-8,13-17H2,1-2H3,(H,28,30)(H,29,33)(H,31,32). The third-order valence-electron chi connectivity index (χ3n) is 6.25. The molecule has 2 aromatic carbocycles. The van der Waals surface area contributed by atoms with Crippen molar-refractivity contribution in [1.82, 2.24) is 10.6 Å². The number of carbonyl (C=O) groups excluding carboxylic acids is 2. The van der Waals surface area contributed by atoms with Crippen LogP contribution >= 0.6 is 0 Å². The molecule has 2 amide bonds. The van der Waals surface area contributed by atoms with Gasteiger partial charge in [0.15, 0.2) is 0 Å². The Morgan fingerprint density at radius 2 is 1.56 bits per heavy atom. The van der Waals surface area contributed by atoms with E-state index in [1.807, 2.05) is 38.1 Å². The molecule has 0 aliphatic heterocycles. The van der Waals surface area contributed by atoms with E-state index in [-0.39, 0.29) is 36.8 Å². The van der Waals surface area contributed by atoms with Gasteiger partial charge < -0.3 is 20.5 Å². The van der Waals surface area contributed by atoms with E-state index < -0.39 is 12.1 Å². The van der Waals surface area contributed by atoms with E-state index in [2.05, 4.69) is 34.9 Å². The quantitative estimate of drug-likeness (QED) is 0.421. The van der Waals surface area contributed by atoms with Crippen molar-refractivity contribution in [3.63, 3.8) is 0 Å². The second-order valence-electron chi connectivity index (χ2n) is 9.10. The molecule has 0 fully saturated rings. The predicted molar refractivity (Wildman–Crippen MR) is 131 cm³/mol. The maximum Gasteiger partial charge on any atom is 0.407 e. The van der Waals surface area contributed by atoms with E-state index >= 15 is 0 Å². The van der Waals surface area contributed by atoms with Crippen LogP contribution < -0.4 is 10.6 Å². The van der Waals surface area contributed by atoms with E-state index in [0.29, 0.717) is 32.2 Å². The number of hydrogen-bond donors (Lipinski definition) is 3. The summed E-state index contributed by atoms with van der Waals surface area (Å²) in [5, 5.41) is 14.4. The highest BCUT2D eigenvalue weighted by Gasteiger charge is 2.29. The normalized spacial score (nSPS) is 13.9. The summed E-state index contributed by atoms with van der Waals surface area (Å²) >= 11 is 0. The van der Waals surface area contributed by atoms with Gasteiger partial charge in [0, 0.05) is 31.3 Å². The zero-order valence-electron chi connectivity index (χ0n) is 19.9. The first-order chi connectivity index (χ1) is 16.3. The lowest BCUT2D eigenvalue weighted by Gasteiger charge is -2.17. The topological polar surface area (TPSA) is 105 Å². The van der Waals surface area contributed by atoms with E-state index in [1.165, 1.54) is 22.3 Å². The molecular weight excluding hydrogens is 432 g/mol. The first-order valence-electron chi connectivity index (χ1n) is 11.9. The first kappa shape index (κ1) is 25.3. The summed E-state index contributed by atoms with van der Waals surface area (Å²) in [6, 6.07) is 16.3. The summed E-state index contributed by atoms with van der Waals surface area (Å²) in [6.45, 7) is 4.56. The first-order valence-corrected chi connectivity index (χ1v) is 11.9. The molecule has 2 aromatic rings. The summed E-state index contributed by atoms with van der Waals surface area (Å²) < 4.78 is 5.57. The minimum atomic E-state index is -0.823. The van der Waals surface area contributed by atoms with Crippen LogP contribution in [0, 0.1) is 5.92 Å². The van der Waals surface area contributed by atoms with Crippen LogP contribution in [0.25, 0.3) is 11.1 Å². The Balaban J connectivity index is 1.36. The average molecular weight is 467 g/mol. The number of carboxylic acid groups (broad SMARTS) is 1. The highest BCUT2D eigenvalue weighted by Crippen LogP contribution is 2.44. The number of nitrogens with one attached hydrogen (secondary N) is 2. The number of carbonyl (C=O) groups is 3. The number of aliphatic carboxylic acids is 1. The van der Waals surface area contributed by atoms with Crippen LogP contribution in [0.4, 0.5) is 4.79 Å². The van der Waals surface area contributed by atoms with Crippen molar-refractivity contribution in [1.29, 1.82) is 0 Å². The Bertz CT molecular complexity index is 961. The Hall–Kier alpha value is -3.35. The van der Waals surface area contributed by atoms with Crippen LogP contribution in [-0.4, -0.2) is 42.3 Å². The fraction of sp³-hybridized carbons (Fsp3) is 0.444. The second-order valence-corrected chi connectivity index (χ2v) is 9.10. The van der Waals surface area contributed by atoms with Gasteiger partial charge in [-0.05, 0) is 54.4 Å². The molecule has 0 radical (unpaired) electrons. The van der Waals surface area contributed by atoms with E-state index in [4.69, 9.17) is 9.84 Å². The summed E-state index contributed by atoms with van der Waals surface area (Å²) in [5.41, 5.74) is 4.73. The third-order valence-corrected chi connectivity index (χ3v) is 6.25. The Morgan fingerprint density at radius 3 is 2.18 bits per heavy atom. The number of amides is 2. The van der Waals surface area contributed by atoms with Crippen molar-refractivity contribution in [2.75, 3.05) is 13.2 Å². The van der Waals surface area contributed by atoms with Gasteiger partial charge in [0.25, 0.3) is 0 Å². The highest BCUT2D eigenvalue weighted by atomic mass is 16.5. The Morgan fingerprint density at radius 1 is 0.941 bits per heavy atom. The van der Waals surface area contributed by atoms with Crippen LogP contribution in [0.3, 0.4) is 0 Å². The van der Waals surface area contributed by atoms with Crippen molar-refractivity contribution < 1.29 is 24.2 Å². The number of rotatable bonds is 12. The van der Waals surface area contributed by atoms with Crippen LogP contribution in [0.2, 0.25) is 0 Å². The zero-order chi connectivity index (χ0) is 24.5. The van der Waals surface area contributed by atoms with Gasteiger partial charge in [-0.25, -0.2) is 4.79 Å². The third kappa shape index (κ3) is 7.07. The number of carboxylic acids is 1. The van der Waals surface area contributed by atoms with Gasteiger partial charge >= 0.3 is 12.1 Å². The molecule has 34 heavy (non-hydrogen) atoms. The number of benzene rings is 2. The van der Waals surface area contributed by atoms with Crippen LogP contribution in [0.15, 0.2) is 48.5 Å². The largest absolute Gasteiger partial charge is 0.481 e. The van der Waals surface area contributed by atoms with Crippen molar-refractivity contribution in [3.05, 3.63) is 59.7 Å². The molecule has 0 bridgehead atoms. The number of ether oxygens (including phenoxy) is 1. The van der Waals surface area contributed by atoms with Gasteiger partial charge in [-0.1, -0.05) is 55.5 Å². The van der Waals surface area contributed by atoms with Crippen LogP contribution in [0.1, 0.15) is 63.0 Å². The SMILES string of the molecule is CC(CCC(=O)O)CNC(=O)CCCC(C)NC(=O)OCC1c2ccccc2-c2ccccc21. The van der Waals surface area contributed by atoms with Gasteiger partial charge in [0.1, 0.15) is 6.61 Å². The fourth-order valence-electron chi connectivity index (χ4n) is 4.33. The van der Waals surface area contributed by atoms with Crippen molar-refractivity contribution in [2.24, 2.45) is 5.92 Å². The number of hydrogen-bond acceptors (Lipinski definition) is 4. The maximum absolute atomic E-state index is 12.4. The molecule has 3 rings (SSSR count). The second kappa shape index (κ2) is 12.2. The average Bonchev–Trinajstić information content (AvgIpc) is 3.13. The summed E-state index contributed by atoms with van der Waals surface area (Å²) in [4.78, 5) is 35.0. The Labute approximate surface area is 200 Å². The fourth-order valence-corrected chi connectivity index (χ4v) is 4.33. The molecule has 0 heterocycles. The molecule has 7 nitrogen and oxygen atoms in total. The molecule has 0 spiro atoms. The minimum absolute atomic E-state index is 0.0232. The van der Waals surface area contributed by atoms with E-state index in [0.717, 1.165) is 0 Å². The van der Waals surface area contributed by atoms with Gasteiger partial charge in [0.05, 0.1) is 0 Å². The number of fused-ring (bicyclic) bond motifs is 3. The van der Waals surface area contributed by atoms with Crippen molar-refractivity contribution in [2.45, 2.75) is 57.9 Å². The highest BCUT2D eigenvalue weighted by molar-refractivity contribution is 5.79. The van der Waals surface area contributed by atoms with Gasteiger partial charge in [-0.15, -0.1) is 0 Å². The molecule has 0 saturated carbocycles. The molecule has 0 aromatic heterocycles. The Kier molecular flexibility index (Phi) is 9.08. The van der Waals surface area contributed by atoms with Gasteiger partial charge in [-0.3, -0.25) is 9.59 Å². The number of alkyl carbamates (subject to hydrolysis) is 1. The van der Waals surface area contributed by atoms with Gasteiger partial charge in [0.2, 0.25) is 5.91 Å². The van der Waals surface area contributed by atoms with E-state index in [9.17, 15) is 14.4 Å². The van der Waals surface area contributed by atoms with E-state index in [1.54, 1.807) is 0 Å². The molecule has 1 aliphatic carbocycles. The van der Waals surface area contributed by atoms with Gasteiger partial charge in [-0.2, -0.15) is 0 Å². The zero-order valence-corrected chi connectivity index (χ0v) is 19.9. The maximum atomic E-state index is 12.4. The van der Waals surface area contributed by atoms with Crippen LogP contribution in [0.5, 0.6) is 0 Å². The lowest BCUT2D eigenvalue weighted by molar-refractivity contribution is -0.137. The van der Waals surface area contributed by atoms with Crippen molar-refractivity contribution >= 4 is 18.0 Å².